The molecule has 0 amide bonds. The average molecular weight is 373 g/mol. The molecule has 0 rings (SSSR count). The molecule has 0 fully saturated rings. The molecular weight excluding hydrogens is 336 g/mol. The van der Waals surface area contributed by atoms with Crippen LogP contribution in [0.3, 0.4) is 0 Å². The third kappa shape index (κ3) is 6.59. The lowest BCUT2D eigenvalue weighted by atomic mass is 9.86. The number of carbonyl (C=O) groups is 2. The van der Waals surface area contributed by atoms with Gasteiger partial charge in [-0.05, 0) is 51.2 Å². The number of carbonyl (C=O) groups excluding carboxylic acids is 2. The zero-order chi connectivity index (χ0) is 20.1. The average Bonchev–Trinajstić information content (AvgIpc) is 2.44. The van der Waals surface area contributed by atoms with Gasteiger partial charge in [-0.2, -0.15) is 0 Å². The van der Waals surface area contributed by atoms with E-state index in [1.807, 2.05) is 13.8 Å². The molecule has 0 heterocycles. The van der Waals surface area contributed by atoms with E-state index in [-0.39, 0.29) is 22.9 Å². The SMILES string of the molecule is CCOC(=O)/C=C(/C)C[C@@H](C)[C@@](C)(O[Si](C)(C)C(C)(C)C)C(=O)OC. The molecule has 5 nitrogen and oxygen atoms in total. The van der Waals surface area contributed by atoms with Gasteiger partial charge in [0.1, 0.15) is 0 Å². The van der Waals surface area contributed by atoms with E-state index in [1.165, 1.54) is 13.2 Å². The number of hydrogen-bond acceptors (Lipinski definition) is 5. The highest BCUT2D eigenvalue weighted by atomic mass is 28.4. The first-order valence-electron chi connectivity index (χ1n) is 8.83. The van der Waals surface area contributed by atoms with E-state index >= 15 is 0 Å². The standard InChI is InChI=1S/C19H36O5Si/c1-11-23-16(20)13-14(2)12-15(3)19(7,17(21)22-8)24-25(9,10)18(4,5)6/h13,15H,11-12H2,1-10H3/b14-13-/t15-,19-/m1/s1. The predicted octanol–water partition coefficient (Wildman–Crippen LogP) is 4.48. The van der Waals surface area contributed by atoms with Crippen LogP contribution >= 0.6 is 0 Å². The highest BCUT2D eigenvalue weighted by Gasteiger charge is 2.49. The van der Waals surface area contributed by atoms with Gasteiger partial charge < -0.3 is 13.9 Å². The summed E-state index contributed by atoms with van der Waals surface area (Å²) in [7, 11) is -0.811. The second-order valence-electron chi connectivity index (χ2n) is 8.31. The van der Waals surface area contributed by atoms with Gasteiger partial charge in [0.05, 0.1) is 13.7 Å². The summed E-state index contributed by atoms with van der Waals surface area (Å²) < 4.78 is 16.5. The lowest BCUT2D eigenvalue weighted by Gasteiger charge is -2.45. The summed E-state index contributed by atoms with van der Waals surface area (Å²) in [5, 5.41) is -0.0299. The van der Waals surface area contributed by atoms with Gasteiger partial charge in [-0.15, -0.1) is 0 Å². The van der Waals surface area contributed by atoms with Crippen LogP contribution in [0.5, 0.6) is 0 Å². The molecule has 0 aliphatic carbocycles. The fourth-order valence-electron chi connectivity index (χ4n) is 2.35. The van der Waals surface area contributed by atoms with Gasteiger partial charge in [0.25, 0.3) is 0 Å². The minimum absolute atomic E-state index is 0.0299. The minimum Gasteiger partial charge on any atom is -0.467 e. The van der Waals surface area contributed by atoms with Crippen molar-refractivity contribution >= 4 is 20.3 Å². The van der Waals surface area contributed by atoms with Gasteiger partial charge in [0, 0.05) is 6.08 Å². The first-order valence-corrected chi connectivity index (χ1v) is 11.7. The molecule has 6 heteroatoms. The first-order chi connectivity index (χ1) is 11.2. The summed E-state index contributed by atoms with van der Waals surface area (Å²) in [6, 6.07) is 0. The number of hydrogen-bond donors (Lipinski definition) is 0. The summed E-state index contributed by atoms with van der Waals surface area (Å²) in [5.41, 5.74) is -0.221. The highest BCUT2D eigenvalue weighted by Crippen LogP contribution is 2.42. The lowest BCUT2D eigenvalue weighted by molar-refractivity contribution is -0.163. The van der Waals surface area contributed by atoms with Gasteiger partial charge in [-0.25, -0.2) is 9.59 Å². The molecule has 0 unspecified atom stereocenters. The molecule has 0 aromatic rings. The van der Waals surface area contributed by atoms with Crippen molar-refractivity contribution < 1.29 is 23.5 Å². The molecule has 0 aliphatic rings. The Labute approximate surface area is 154 Å². The Kier molecular flexibility index (Phi) is 8.58. The number of ether oxygens (including phenoxy) is 2. The van der Waals surface area contributed by atoms with Crippen molar-refractivity contribution in [1.29, 1.82) is 0 Å². The summed E-state index contributed by atoms with van der Waals surface area (Å²) in [4.78, 5) is 24.2. The molecule has 0 bridgehead atoms. The van der Waals surface area contributed by atoms with Crippen molar-refractivity contribution in [3.63, 3.8) is 0 Å². The molecule has 0 N–H and O–H groups in total. The van der Waals surface area contributed by atoms with E-state index in [0.29, 0.717) is 13.0 Å². The topological polar surface area (TPSA) is 61.8 Å². The Bertz CT molecular complexity index is 504. The molecule has 146 valence electrons. The maximum atomic E-state index is 12.5. The minimum atomic E-state index is -2.19. The summed E-state index contributed by atoms with van der Waals surface area (Å²) >= 11 is 0. The Morgan fingerprint density at radius 3 is 2.08 bits per heavy atom. The zero-order valence-corrected chi connectivity index (χ0v) is 18.6. The molecule has 0 radical (unpaired) electrons. The number of esters is 2. The van der Waals surface area contributed by atoms with Crippen molar-refractivity contribution in [3.05, 3.63) is 11.6 Å². The molecule has 0 spiro atoms. The van der Waals surface area contributed by atoms with Crippen LogP contribution in [0.25, 0.3) is 0 Å². The first kappa shape index (κ1) is 23.9. The highest BCUT2D eigenvalue weighted by molar-refractivity contribution is 6.74. The Morgan fingerprint density at radius 1 is 1.16 bits per heavy atom. The number of allylic oxidation sites excluding steroid dienone is 1. The Balaban J connectivity index is 5.52. The van der Waals surface area contributed by atoms with Crippen molar-refractivity contribution in [2.75, 3.05) is 13.7 Å². The van der Waals surface area contributed by atoms with E-state index in [2.05, 4.69) is 33.9 Å². The molecule has 0 aromatic carbocycles. The normalized spacial score (nSPS) is 16.8. The van der Waals surface area contributed by atoms with Crippen LogP contribution in [-0.4, -0.2) is 39.6 Å². The van der Waals surface area contributed by atoms with Crippen LogP contribution in [0.1, 0.15) is 54.9 Å². The van der Waals surface area contributed by atoms with Crippen molar-refractivity contribution in [1.82, 2.24) is 0 Å². The van der Waals surface area contributed by atoms with Crippen LogP contribution in [0.15, 0.2) is 11.6 Å². The molecule has 25 heavy (non-hydrogen) atoms. The summed E-state index contributed by atoms with van der Waals surface area (Å²) in [6.45, 7) is 18.3. The molecular formula is C19H36O5Si. The van der Waals surface area contributed by atoms with E-state index in [1.54, 1.807) is 13.8 Å². The van der Waals surface area contributed by atoms with Crippen LogP contribution in [0.2, 0.25) is 18.1 Å². The maximum absolute atomic E-state index is 12.5. The quantitative estimate of drug-likeness (QED) is 0.357. The fourth-order valence-corrected chi connectivity index (χ4v) is 4.00. The largest absolute Gasteiger partial charge is 0.467 e. The zero-order valence-electron chi connectivity index (χ0n) is 17.6. The van der Waals surface area contributed by atoms with E-state index in [9.17, 15) is 9.59 Å². The lowest BCUT2D eigenvalue weighted by Crippen LogP contribution is -2.55. The van der Waals surface area contributed by atoms with E-state index in [4.69, 9.17) is 13.9 Å². The number of methoxy groups -OCH3 is 1. The van der Waals surface area contributed by atoms with Gasteiger partial charge >= 0.3 is 11.9 Å². The van der Waals surface area contributed by atoms with Gasteiger partial charge in [-0.1, -0.05) is 33.3 Å². The van der Waals surface area contributed by atoms with Crippen LogP contribution in [0.4, 0.5) is 0 Å². The Morgan fingerprint density at radius 2 is 1.68 bits per heavy atom. The number of rotatable bonds is 8. The molecule has 0 aliphatic heterocycles. The van der Waals surface area contributed by atoms with Gasteiger partial charge in [0.15, 0.2) is 13.9 Å². The third-order valence-electron chi connectivity index (χ3n) is 5.08. The smallest absolute Gasteiger partial charge is 0.336 e. The van der Waals surface area contributed by atoms with Crippen molar-refractivity contribution in [2.24, 2.45) is 5.92 Å². The summed E-state index contributed by atoms with van der Waals surface area (Å²) in [6.07, 6.45) is 2.02. The predicted molar refractivity (Wildman–Crippen MR) is 103 cm³/mol. The van der Waals surface area contributed by atoms with Crippen LogP contribution < -0.4 is 0 Å². The molecule has 0 saturated carbocycles. The van der Waals surface area contributed by atoms with Crippen LogP contribution in [0, 0.1) is 5.92 Å². The van der Waals surface area contributed by atoms with Gasteiger partial charge in [0.2, 0.25) is 0 Å². The summed E-state index contributed by atoms with van der Waals surface area (Å²) in [5.74, 6) is -0.897. The van der Waals surface area contributed by atoms with E-state index in [0.717, 1.165) is 5.57 Å². The molecule has 0 saturated heterocycles. The van der Waals surface area contributed by atoms with Crippen LogP contribution in [-0.2, 0) is 23.5 Å². The monoisotopic (exact) mass is 372 g/mol. The Hall–Kier alpha value is -1.14. The second-order valence-corrected chi connectivity index (χ2v) is 13.0. The van der Waals surface area contributed by atoms with E-state index < -0.39 is 13.9 Å². The van der Waals surface area contributed by atoms with Crippen molar-refractivity contribution in [2.45, 2.75) is 78.6 Å². The van der Waals surface area contributed by atoms with Crippen molar-refractivity contribution in [3.8, 4) is 0 Å². The van der Waals surface area contributed by atoms with Gasteiger partial charge in [-0.3, -0.25) is 0 Å². The second kappa shape index (κ2) is 8.99. The molecule has 2 atom stereocenters. The maximum Gasteiger partial charge on any atom is 0.336 e. The molecule has 0 aromatic heterocycles. The fraction of sp³-hybridized carbons (Fsp3) is 0.789. The third-order valence-corrected chi connectivity index (χ3v) is 9.63.